The fraction of sp³-hybridized carbons (Fsp3) is 0.667. The lowest BCUT2D eigenvalue weighted by Crippen LogP contribution is -2.39. The number of nitrogens with zero attached hydrogens (tertiary/aromatic N) is 1. The van der Waals surface area contributed by atoms with Crippen LogP contribution in [0.25, 0.3) is 0 Å². The molecule has 1 unspecified atom stereocenters. The van der Waals surface area contributed by atoms with Crippen molar-refractivity contribution in [2.75, 3.05) is 19.7 Å². The summed E-state index contributed by atoms with van der Waals surface area (Å²) in [5.74, 6) is 0.226. The van der Waals surface area contributed by atoms with Gasteiger partial charge in [0.05, 0.1) is 31.4 Å². The van der Waals surface area contributed by atoms with Crippen LogP contribution >= 0.6 is 0 Å². The Balaban J connectivity index is 1.77. The molecule has 0 spiro atoms. The van der Waals surface area contributed by atoms with E-state index in [-0.39, 0.29) is 12.5 Å². The maximum Gasteiger partial charge on any atom is 0.305 e. The van der Waals surface area contributed by atoms with Gasteiger partial charge in [0.2, 0.25) is 0 Å². The average Bonchev–Trinajstić information content (AvgIpc) is 2.95. The van der Waals surface area contributed by atoms with Gasteiger partial charge in [0.15, 0.2) is 0 Å². The Morgan fingerprint density at radius 1 is 1.55 bits per heavy atom. The molecule has 5 nitrogen and oxygen atoms in total. The number of carboxylic acids is 1. The van der Waals surface area contributed by atoms with Gasteiger partial charge < -0.3 is 14.3 Å². The molecule has 2 rings (SSSR count). The Morgan fingerprint density at radius 3 is 2.85 bits per heavy atom. The molecule has 1 saturated heterocycles. The molecule has 1 aliphatic heterocycles. The van der Waals surface area contributed by atoms with Crippen LogP contribution in [-0.4, -0.2) is 41.8 Å². The van der Waals surface area contributed by atoms with Crippen molar-refractivity contribution >= 4 is 5.97 Å². The molecule has 0 radical (unpaired) electrons. The van der Waals surface area contributed by atoms with Gasteiger partial charge in [0, 0.05) is 13.1 Å². The largest absolute Gasteiger partial charge is 0.481 e. The van der Waals surface area contributed by atoms with Crippen LogP contribution in [0.4, 0.5) is 0 Å². The molecule has 0 amide bonds. The Bertz CT molecular complexity index is 396. The monoisotopic (exact) mass is 281 g/mol. The number of aliphatic carboxylic acids is 1. The number of carbonyl (C=O) groups is 1. The lowest BCUT2D eigenvalue weighted by Gasteiger charge is -2.36. The lowest BCUT2D eigenvalue weighted by atomic mass is 10.0. The van der Waals surface area contributed by atoms with Gasteiger partial charge in [0.1, 0.15) is 5.76 Å². The maximum atomic E-state index is 10.5. The van der Waals surface area contributed by atoms with Crippen LogP contribution in [0.2, 0.25) is 0 Å². The third-order valence-corrected chi connectivity index (χ3v) is 3.85. The summed E-state index contributed by atoms with van der Waals surface area (Å²) in [4.78, 5) is 12.9. The first-order valence-electron chi connectivity index (χ1n) is 7.31. The highest BCUT2D eigenvalue weighted by molar-refractivity contribution is 5.66. The second kappa shape index (κ2) is 7.45. The van der Waals surface area contributed by atoms with Crippen molar-refractivity contribution in [3.05, 3.63) is 24.2 Å². The van der Waals surface area contributed by atoms with Gasteiger partial charge in [-0.25, -0.2) is 0 Å². The van der Waals surface area contributed by atoms with Gasteiger partial charge in [-0.1, -0.05) is 6.92 Å². The summed E-state index contributed by atoms with van der Waals surface area (Å²) in [6.07, 6.45) is 4.94. The number of hydrogen-bond donors (Lipinski definition) is 1. The molecule has 2 heterocycles. The predicted octanol–water partition coefficient (Wildman–Crippen LogP) is 2.69. The summed E-state index contributed by atoms with van der Waals surface area (Å²) in [5.41, 5.74) is 0. The number of hydrogen-bond acceptors (Lipinski definition) is 4. The Hall–Kier alpha value is -1.33. The molecule has 1 aliphatic rings. The van der Waals surface area contributed by atoms with Crippen LogP contribution in [0, 0.1) is 0 Å². The van der Waals surface area contributed by atoms with Crippen molar-refractivity contribution in [2.45, 2.75) is 44.8 Å². The van der Waals surface area contributed by atoms with Crippen LogP contribution < -0.4 is 0 Å². The first-order valence-corrected chi connectivity index (χ1v) is 7.31. The van der Waals surface area contributed by atoms with Gasteiger partial charge in [-0.3, -0.25) is 9.69 Å². The highest BCUT2D eigenvalue weighted by atomic mass is 16.5. The van der Waals surface area contributed by atoms with Crippen molar-refractivity contribution in [1.82, 2.24) is 4.90 Å². The quantitative estimate of drug-likeness (QED) is 0.832. The molecule has 0 aliphatic carbocycles. The smallest absolute Gasteiger partial charge is 0.305 e. The van der Waals surface area contributed by atoms with Gasteiger partial charge in [0.25, 0.3) is 0 Å². The van der Waals surface area contributed by atoms with E-state index < -0.39 is 5.97 Å². The lowest BCUT2D eigenvalue weighted by molar-refractivity contribution is -0.138. The summed E-state index contributed by atoms with van der Waals surface area (Å²) in [7, 11) is 0. The van der Waals surface area contributed by atoms with Gasteiger partial charge in [-0.05, 0) is 31.4 Å². The molecule has 20 heavy (non-hydrogen) atoms. The summed E-state index contributed by atoms with van der Waals surface area (Å²) in [6.45, 7) is 4.42. The van der Waals surface area contributed by atoms with Crippen molar-refractivity contribution in [1.29, 1.82) is 0 Å². The molecular formula is C15H23NO4. The summed E-state index contributed by atoms with van der Waals surface area (Å²) >= 11 is 0. The molecule has 1 N–H and O–H groups in total. The summed E-state index contributed by atoms with van der Waals surface area (Å²) in [5, 5.41) is 8.60. The number of piperidine rings is 1. The Labute approximate surface area is 119 Å². The van der Waals surface area contributed by atoms with E-state index in [4.69, 9.17) is 14.3 Å². The van der Waals surface area contributed by atoms with Crippen LogP contribution in [0.15, 0.2) is 22.8 Å². The van der Waals surface area contributed by atoms with E-state index in [9.17, 15) is 4.79 Å². The minimum atomic E-state index is -0.800. The minimum absolute atomic E-state index is 0.0875. The van der Waals surface area contributed by atoms with E-state index in [1.807, 2.05) is 12.1 Å². The molecule has 0 saturated carbocycles. The summed E-state index contributed by atoms with van der Waals surface area (Å²) < 4.78 is 11.1. The van der Waals surface area contributed by atoms with Crippen molar-refractivity contribution in [3.63, 3.8) is 0 Å². The second-order valence-electron chi connectivity index (χ2n) is 5.19. The standard InChI is InChI=1S/C15H23NO4/c1-2-13(14-4-3-10-20-14)16-8-5-12(6-9-16)19-11-7-15(17)18/h3-4,10,12-13H,2,5-9,11H2,1H3,(H,17,18). The molecule has 112 valence electrons. The third kappa shape index (κ3) is 4.08. The topological polar surface area (TPSA) is 62.9 Å². The highest BCUT2D eigenvalue weighted by Gasteiger charge is 2.26. The van der Waals surface area contributed by atoms with Gasteiger partial charge in [-0.2, -0.15) is 0 Å². The van der Waals surface area contributed by atoms with Gasteiger partial charge in [-0.15, -0.1) is 0 Å². The molecule has 1 aromatic rings. The Morgan fingerprint density at radius 2 is 2.30 bits per heavy atom. The zero-order valence-corrected chi connectivity index (χ0v) is 12.0. The van der Waals surface area contributed by atoms with E-state index in [2.05, 4.69) is 11.8 Å². The minimum Gasteiger partial charge on any atom is -0.481 e. The van der Waals surface area contributed by atoms with E-state index in [1.54, 1.807) is 6.26 Å². The van der Waals surface area contributed by atoms with Crippen molar-refractivity contribution < 1.29 is 19.1 Å². The number of rotatable bonds is 7. The average molecular weight is 281 g/mol. The molecule has 5 heteroatoms. The number of furan rings is 1. The molecule has 1 aromatic heterocycles. The van der Waals surface area contributed by atoms with E-state index in [1.165, 1.54) is 0 Å². The molecule has 1 atom stereocenters. The zero-order valence-electron chi connectivity index (χ0n) is 12.0. The first-order chi connectivity index (χ1) is 9.70. The van der Waals surface area contributed by atoms with Crippen LogP contribution in [0.5, 0.6) is 0 Å². The molecular weight excluding hydrogens is 258 g/mol. The fourth-order valence-corrected chi connectivity index (χ4v) is 2.79. The molecule has 0 aromatic carbocycles. The molecule has 0 bridgehead atoms. The second-order valence-corrected chi connectivity index (χ2v) is 5.19. The first kappa shape index (κ1) is 15.1. The SMILES string of the molecule is CCC(c1ccco1)N1CCC(OCCC(=O)O)CC1. The zero-order chi connectivity index (χ0) is 14.4. The van der Waals surface area contributed by atoms with Crippen LogP contribution in [0.1, 0.15) is 44.4 Å². The highest BCUT2D eigenvalue weighted by Crippen LogP contribution is 2.28. The number of ether oxygens (including phenoxy) is 1. The van der Waals surface area contributed by atoms with Crippen molar-refractivity contribution in [3.8, 4) is 0 Å². The van der Waals surface area contributed by atoms with Gasteiger partial charge >= 0.3 is 5.97 Å². The van der Waals surface area contributed by atoms with Crippen LogP contribution in [-0.2, 0) is 9.53 Å². The predicted molar refractivity (Wildman–Crippen MR) is 74.5 cm³/mol. The number of likely N-dealkylation sites (tertiary alicyclic amines) is 1. The fourth-order valence-electron chi connectivity index (χ4n) is 2.79. The van der Waals surface area contributed by atoms with Crippen molar-refractivity contribution in [2.24, 2.45) is 0 Å². The maximum absolute atomic E-state index is 10.5. The molecule has 1 fully saturated rings. The number of carboxylic acid groups (broad SMARTS) is 1. The third-order valence-electron chi connectivity index (χ3n) is 3.85. The van der Waals surface area contributed by atoms with E-state index in [0.29, 0.717) is 12.6 Å². The van der Waals surface area contributed by atoms with E-state index in [0.717, 1.165) is 38.1 Å². The van der Waals surface area contributed by atoms with Crippen LogP contribution in [0.3, 0.4) is 0 Å². The summed E-state index contributed by atoms with van der Waals surface area (Å²) in [6, 6.07) is 4.30. The van der Waals surface area contributed by atoms with E-state index >= 15 is 0 Å². The Kier molecular flexibility index (Phi) is 5.61. The normalized spacial score (nSPS) is 19.1.